The van der Waals surface area contributed by atoms with Gasteiger partial charge in [0, 0.05) is 49.1 Å². The van der Waals surface area contributed by atoms with Gasteiger partial charge in [-0.1, -0.05) is 0 Å². The lowest BCUT2D eigenvalue weighted by atomic mass is 10.2. The fourth-order valence-corrected chi connectivity index (χ4v) is 3.52. The monoisotopic (exact) mass is 309 g/mol. The average Bonchev–Trinajstić information content (AvgIpc) is 2.51. The highest BCUT2D eigenvalue weighted by molar-refractivity contribution is 7.99. The molecule has 3 nitrogen and oxygen atoms in total. The Bertz CT molecular complexity index is 423. The van der Waals surface area contributed by atoms with Crippen LogP contribution in [0.4, 0.5) is 11.4 Å². The number of hydrogen-bond donors (Lipinski definition) is 1. The topological polar surface area (TPSA) is 18.5 Å². The molecular weight excluding hydrogens is 286 g/mol. The zero-order valence-corrected chi connectivity index (χ0v) is 13.9. The van der Waals surface area contributed by atoms with Gasteiger partial charge in [0.15, 0.2) is 5.11 Å². The minimum atomic E-state index is 0.848. The van der Waals surface area contributed by atoms with E-state index in [4.69, 9.17) is 12.2 Å². The summed E-state index contributed by atoms with van der Waals surface area (Å²) in [6, 6.07) is 8.53. The first-order valence-corrected chi connectivity index (χ1v) is 8.79. The fraction of sp³-hybridized carbons (Fsp3) is 0.533. The maximum atomic E-state index is 5.48. The minimum absolute atomic E-state index is 0.848. The van der Waals surface area contributed by atoms with Gasteiger partial charge in [0.05, 0.1) is 0 Å². The Kier molecular flexibility index (Phi) is 5.98. The maximum absolute atomic E-state index is 5.48. The number of thiocarbonyl (C=S) groups is 1. The van der Waals surface area contributed by atoms with E-state index < -0.39 is 0 Å². The summed E-state index contributed by atoms with van der Waals surface area (Å²) < 4.78 is 0. The molecule has 20 heavy (non-hydrogen) atoms. The molecule has 1 N–H and O–H groups in total. The number of anilines is 2. The lowest BCUT2D eigenvalue weighted by molar-refractivity contribution is 0.470. The average molecular weight is 310 g/mol. The van der Waals surface area contributed by atoms with Crippen LogP contribution >= 0.6 is 24.0 Å². The summed E-state index contributed by atoms with van der Waals surface area (Å²) in [4.78, 5) is 4.59. The van der Waals surface area contributed by atoms with E-state index in [0.717, 1.165) is 37.0 Å². The summed E-state index contributed by atoms with van der Waals surface area (Å²) in [7, 11) is 0. The molecule has 0 aromatic heterocycles. The molecule has 0 aliphatic carbocycles. The Labute approximate surface area is 131 Å². The van der Waals surface area contributed by atoms with Gasteiger partial charge in [-0.2, -0.15) is 11.8 Å². The first-order valence-electron chi connectivity index (χ1n) is 7.23. The van der Waals surface area contributed by atoms with Gasteiger partial charge >= 0.3 is 0 Å². The summed E-state index contributed by atoms with van der Waals surface area (Å²) in [5.41, 5.74) is 2.34. The van der Waals surface area contributed by atoms with Crippen LogP contribution < -0.4 is 10.2 Å². The van der Waals surface area contributed by atoms with Crippen LogP contribution in [0.25, 0.3) is 0 Å². The molecule has 110 valence electrons. The number of hydrogen-bond acceptors (Lipinski definition) is 3. The number of thioether (sulfide) groups is 1. The summed E-state index contributed by atoms with van der Waals surface area (Å²) in [6.45, 7) is 8.53. The minimum Gasteiger partial charge on any atom is -0.372 e. The van der Waals surface area contributed by atoms with E-state index in [0.29, 0.717) is 0 Å². The van der Waals surface area contributed by atoms with E-state index in [1.54, 1.807) is 0 Å². The first-order chi connectivity index (χ1) is 9.74. The third-order valence-electron chi connectivity index (χ3n) is 3.55. The van der Waals surface area contributed by atoms with Crippen LogP contribution in [0.3, 0.4) is 0 Å². The fourth-order valence-electron chi connectivity index (χ4n) is 2.31. The van der Waals surface area contributed by atoms with Crippen molar-refractivity contribution in [3.05, 3.63) is 24.3 Å². The summed E-state index contributed by atoms with van der Waals surface area (Å²) in [6.07, 6.45) is 0. The van der Waals surface area contributed by atoms with E-state index in [2.05, 4.69) is 53.2 Å². The van der Waals surface area contributed by atoms with Gasteiger partial charge in [-0.25, -0.2) is 0 Å². The Morgan fingerprint density at radius 2 is 1.80 bits per heavy atom. The van der Waals surface area contributed by atoms with E-state index in [1.807, 2.05) is 11.8 Å². The van der Waals surface area contributed by atoms with Gasteiger partial charge < -0.3 is 15.1 Å². The van der Waals surface area contributed by atoms with Crippen molar-refractivity contribution >= 4 is 40.5 Å². The molecule has 0 bridgehead atoms. The molecule has 0 radical (unpaired) electrons. The van der Waals surface area contributed by atoms with Crippen LogP contribution in [0, 0.1) is 0 Å². The van der Waals surface area contributed by atoms with Crippen molar-refractivity contribution in [2.24, 2.45) is 0 Å². The maximum Gasteiger partial charge on any atom is 0.173 e. The van der Waals surface area contributed by atoms with Gasteiger partial charge in [0.2, 0.25) is 0 Å². The van der Waals surface area contributed by atoms with Crippen molar-refractivity contribution in [1.82, 2.24) is 4.90 Å². The number of benzene rings is 1. The molecule has 1 aliphatic rings. The second-order valence-electron chi connectivity index (χ2n) is 4.75. The highest BCUT2D eigenvalue weighted by Gasteiger charge is 2.13. The van der Waals surface area contributed by atoms with Gasteiger partial charge in [-0.15, -0.1) is 0 Å². The predicted molar refractivity (Wildman–Crippen MR) is 95.1 cm³/mol. The lowest BCUT2D eigenvalue weighted by Gasteiger charge is -2.29. The third kappa shape index (κ3) is 4.03. The summed E-state index contributed by atoms with van der Waals surface area (Å²) in [5.74, 6) is 2.34. The van der Waals surface area contributed by atoms with Gasteiger partial charge in [-0.3, -0.25) is 0 Å². The van der Waals surface area contributed by atoms with Gasteiger partial charge in [0.1, 0.15) is 0 Å². The van der Waals surface area contributed by atoms with Crippen LogP contribution in [-0.4, -0.2) is 47.7 Å². The summed E-state index contributed by atoms with van der Waals surface area (Å²) in [5, 5.41) is 4.19. The molecule has 0 spiro atoms. The highest BCUT2D eigenvalue weighted by Crippen LogP contribution is 2.18. The van der Waals surface area contributed by atoms with Crippen LogP contribution in [0.15, 0.2) is 24.3 Å². The second kappa shape index (κ2) is 7.74. The molecule has 0 atom stereocenters. The third-order valence-corrected chi connectivity index (χ3v) is 4.85. The van der Waals surface area contributed by atoms with Crippen LogP contribution in [-0.2, 0) is 0 Å². The van der Waals surface area contributed by atoms with E-state index in [1.165, 1.54) is 17.2 Å². The Morgan fingerprint density at radius 1 is 1.20 bits per heavy atom. The molecule has 1 heterocycles. The smallest absolute Gasteiger partial charge is 0.173 e. The molecule has 2 rings (SSSR count). The van der Waals surface area contributed by atoms with Gasteiger partial charge in [-0.05, 0) is 50.3 Å². The van der Waals surface area contributed by atoms with Gasteiger partial charge in [0.25, 0.3) is 0 Å². The number of rotatable bonds is 4. The van der Waals surface area contributed by atoms with Crippen LogP contribution in [0.2, 0.25) is 0 Å². The zero-order valence-electron chi connectivity index (χ0n) is 12.3. The molecule has 0 unspecified atom stereocenters. The molecule has 1 fully saturated rings. The number of nitrogens with one attached hydrogen (secondary N) is 1. The normalized spacial score (nSPS) is 15.0. The molecule has 1 aliphatic heterocycles. The van der Waals surface area contributed by atoms with E-state index in [9.17, 15) is 0 Å². The molecule has 0 amide bonds. The molecule has 5 heteroatoms. The van der Waals surface area contributed by atoms with Crippen LogP contribution in [0.5, 0.6) is 0 Å². The largest absolute Gasteiger partial charge is 0.372 e. The first kappa shape index (κ1) is 15.4. The standard InChI is InChI=1S/C15H23N3S2/c1-3-17(4-2)14-7-5-13(6-8-14)16-15(19)18-9-11-20-12-10-18/h5-8H,3-4,9-12H2,1-2H3,(H,16,19). The Morgan fingerprint density at radius 3 is 2.35 bits per heavy atom. The molecule has 1 aromatic rings. The van der Waals surface area contributed by atoms with Crippen molar-refractivity contribution in [3.8, 4) is 0 Å². The summed E-state index contributed by atoms with van der Waals surface area (Å²) >= 11 is 7.48. The second-order valence-corrected chi connectivity index (χ2v) is 6.36. The van der Waals surface area contributed by atoms with Crippen molar-refractivity contribution in [2.45, 2.75) is 13.8 Å². The highest BCUT2D eigenvalue weighted by atomic mass is 32.2. The Hall–Kier alpha value is -0.940. The zero-order chi connectivity index (χ0) is 14.4. The van der Waals surface area contributed by atoms with E-state index in [-0.39, 0.29) is 0 Å². The van der Waals surface area contributed by atoms with Crippen molar-refractivity contribution < 1.29 is 0 Å². The quantitative estimate of drug-likeness (QED) is 0.858. The van der Waals surface area contributed by atoms with Crippen molar-refractivity contribution in [1.29, 1.82) is 0 Å². The van der Waals surface area contributed by atoms with Crippen LogP contribution in [0.1, 0.15) is 13.8 Å². The Balaban J connectivity index is 1.94. The van der Waals surface area contributed by atoms with E-state index >= 15 is 0 Å². The molecule has 0 saturated carbocycles. The number of nitrogens with zero attached hydrogens (tertiary/aromatic N) is 2. The SMILES string of the molecule is CCN(CC)c1ccc(NC(=S)N2CCSCC2)cc1. The molecule has 1 aromatic carbocycles. The predicted octanol–water partition coefficient (Wildman–Crippen LogP) is 3.28. The lowest BCUT2D eigenvalue weighted by Crippen LogP contribution is -2.40. The van der Waals surface area contributed by atoms with Crippen molar-refractivity contribution in [2.75, 3.05) is 47.9 Å². The molecular formula is C15H23N3S2. The van der Waals surface area contributed by atoms with Crippen molar-refractivity contribution in [3.63, 3.8) is 0 Å². The molecule has 1 saturated heterocycles.